The third-order valence-corrected chi connectivity index (χ3v) is 11.1. The molecule has 6 heteroatoms. The Morgan fingerprint density at radius 2 is 1.71 bits per heavy atom. The van der Waals surface area contributed by atoms with Gasteiger partial charge in [-0.3, -0.25) is 9.69 Å². The predicted molar refractivity (Wildman–Crippen MR) is 129 cm³/mol. The molecule has 2 aromatic rings. The third-order valence-electron chi connectivity index (χ3n) is 6.55. The molecule has 0 radical (unpaired) electrons. The van der Waals surface area contributed by atoms with E-state index in [4.69, 9.17) is 14.2 Å². The molecule has 2 heterocycles. The van der Waals surface area contributed by atoms with E-state index in [1.165, 1.54) is 0 Å². The normalized spacial score (nSPS) is 15.9. The molecule has 0 aliphatic carbocycles. The zero-order valence-electron chi connectivity index (χ0n) is 19.2. The molecule has 0 fully saturated rings. The van der Waals surface area contributed by atoms with Crippen LogP contribution in [0.3, 0.4) is 0 Å². The van der Waals surface area contributed by atoms with E-state index in [0.29, 0.717) is 18.9 Å². The number of benzene rings is 2. The lowest BCUT2D eigenvalue weighted by Crippen LogP contribution is -2.41. The lowest BCUT2D eigenvalue weighted by atomic mass is 10.0. The standard InChI is InChI=1S/C25H30N2O3Si/c1-25(2,3)31(5,6)30-16-15-20-22-19-9-7-8-10-21(19)26-23(22)27(24(20)28)17-11-13-18(29-4)14-12-17/h7-14H,15-16H2,1-6H3. The number of methoxy groups -OCH3 is 1. The molecule has 0 saturated heterocycles. The Labute approximate surface area is 185 Å². The molecule has 5 nitrogen and oxygen atoms in total. The smallest absolute Gasteiger partial charge is 0.260 e. The molecule has 0 spiro atoms. The molecule has 2 aliphatic rings. The first-order valence-corrected chi connectivity index (χ1v) is 13.6. The zero-order valence-corrected chi connectivity index (χ0v) is 20.2. The molecule has 0 saturated carbocycles. The lowest BCUT2D eigenvalue weighted by Gasteiger charge is -2.36. The van der Waals surface area contributed by atoms with Crippen LogP contribution in [-0.2, 0) is 9.22 Å². The maximum Gasteiger partial charge on any atom is 0.260 e. The number of carbonyl (C=O) groups excluding carboxylic acids is 1. The second-order valence-electron chi connectivity index (χ2n) is 9.50. The highest BCUT2D eigenvalue weighted by atomic mass is 28.4. The van der Waals surface area contributed by atoms with Crippen molar-refractivity contribution in [2.24, 2.45) is 4.99 Å². The SMILES string of the molecule is COc1ccc(N2C(=O)C(CCO[Si](C)(C)C(C)(C)C)=C3C2=Nc2ccccc23)cc1. The average molecular weight is 435 g/mol. The van der Waals surface area contributed by atoms with E-state index < -0.39 is 8.32 Å². The minimum Gasteiger partial charge on any atom is -0.497 e. The molecule has 31 heavy (non-hydrogen) atoms. The first kappa shape index (κ1) is 21.5. The number of amides is 1. The summed E-state index contributed by atoms with van der Waals surface area (Å²) in [6.07, 6.45) is 0.570. The second-order valence-corrected chi connectivity index (χ2v) is 14.3. The number of hydrogen-bond donors (Lipinski definition) is 0. The van der Waals surface area contributed by atoms with E-state index in [2.05, 4.69) is 33.9 Å². The molecule has 1 amide bonds. The van der Waals surface area contributed by atoms with E-state index in [1.54, 1.807) is 12.0 Å². The lowest BCUT2D eigenvalue weighted by molar-refractivity contribution is -0.114. The number of anilines is 1. The Hall–Kier alpha value is -2.70. The molecule has 2 aliphatic heterocycles. The van der Waals surface area contributed by atoms with E-state index in [-0.39, 0.29) is 10.9 Å². The van der Waals surface area contributed by atoms with Crippen LogP contribution in [0.25, 0.3) is 5.57 Å². The van der Waals surface area contributed by atoms with Gasteiger partial charge in [0.15, 0.2) is 8.32 Å². The van der Waals surface area contributed by atoms with Crippen molar-refractivity contribution in [1.82, 2.24) is 0 Å². The molecular weight excluding hydrogens is 404 g/mol. The largest absolute Gasteiger partial charge is 0.497 e. The number of nitrogens with zero attached hydrogens (tertiary/aromatic N) is 2. The van der Waals surface area contributed by atoms with E-state index in [9.17, 15) is 4.79 Å². The van der Waals surface area contributed by atoms with Crippen LogP contribution >= 0.6 is 0 Å². The van der Waals surface area contributed by atoms with Gasteiger partial charge >= 0.3 is 0 Å². The summed E-state index contributed by atoms with van der Waals surface area (Å²) in [6, 6.07) is 15.5. The fourth-order valence-corrected chi connectivity index (χ4v) is 4.74. The number of aliphatic imine (C=N–C) groups is 1. The van der Waals surface area contributed by atoms with E-state index >= 15 is 0 Å². The number of fused-ring (bicyclic) bond motifs is 3. The summed E-state index contributed by atoms with van der Waals surface area (Å²) >= 11 is 0. The van der Waals surface area contributed by atoms with Gasteiger partial charge in [0.05, 0.1) is 18.5 Å². The van der Waals surface area contributed by atoms with Gasteiger partial charge in [-0.15, -0.1) is 0 Å². The van der Waals surface area contributed by atoms with Gasteiger partial charge in [0.1, 0.15) is 11.6 Å². The van der Waals surface area contributed by atoms with Gasteiger partial charge in [0.2, 0.25) is 0 Å². The van der Waals surface area contributed by atoms with Crippen molar-refractivity contribution in [3.8, 4) is 5.75 Å². The summed E-state index contributed by atoms with van der Waals surface area (Å²) in [5.74, 6) is 1.44. The highest BCUT2D eigenvalue weighted by Crippen LogP contribution is 2.44. The number of para-hydroxylation sites is 1. The quantitative estimate of drug-likeness (QED) is 0.528. The molecule has 0 N–H and O–H groups in total. The minimum atomic E-state index is -1.89. The highest BCUT2D eigenvalue weighted by Gasteiger charge is 2.42. The zero-order chi connectivity index (χ0) is 22.4. The van der Waals surface area contributed by atoms with Gasteiger partial charge in [0, 0.05) is 29.7 Å². The van der Waals surface area contributed by atoms with Crippen molar-refractivity contribution in [2.45, 2.75) is 45.3 Å². The van der Waals surface area contributed by atoms with Gasteiger partial charge < -0.3 is 9.16 Å². The van der Waals surface area contributed by atoms with Gasteiger partial charge in [-0.25, -0.2) is 4.99 Å². The fraction of sp³-hybridized carbons (Fsp3) is 0.360. The number of amidine groups is 1. The predicted octanol–water partition coefficient (Wildman–Crippen LogP) is 5.95. The van der Waals surface area contributed by atoms with Crippen LogP contribution < -0.4 is 9.64 Å². The topological polar surface area (TPSA) is 51.1 Å². The fourth-order valence-electron chi connectivity index (χ4n) is 3.70. The maximum atomic E-state index is 13.5. The maximum absolute atomic E-state index is 13.5. The van der Waals surface area contributed by atoms with E-state index in [0.717, 1.165) is 33.8 Å². The summed E-state index contributed by atoms with van der Waals surface area (Å²) in [7, 11) is -0.254. The third kappa shape index (κ3) is 3.74. The van der Waals surface area contributed by atoms with Crippen LogP contribution in [-0.4, -0.2) is 33.8 Å². The Kier molecular flexibility index (Phi) is 5.39. The van der Waals surface area contributed by atoms with Crippen LogP contribution in [0.4, 0.5) is 11.4 Å². The van der Waals surface area contributed by atoms with Crippen molar-refractivity contribution >= 4 is 37.0 Å². The number of hydrogen-bond acceptors (Lipinski definition) is 4. The molecule has 4 rings (SSSR count). The molecule has 0 unspecified atom stereocenters. The minimum absolute atomic E-state index is 0.0211. The molecule has 162 valence electrons. The van der Waals surface area contributed by atoms with Crippen molar-refractivity contribution in [2.75, 3.05) is 18.6 Å². The van der Waals surface area contributed by atoms with Crippen LogP contribution in [0.5, 0.6) is 5.75 Å². The monoisotopic (exact) mass is 434 g/mol. The van der Waals surface area contributed by atoms with Crippen LogP contribution in [0.2, 0.25) is 18.1 Å². The summed E-state index contributed by atoms with van der Waals surface area (Å²) in [5, 5.41) is 0.131. The number of carbonyl (C=O) groups is 1. The van der Waals surface area contributed by atoms with Gasteiger partial charge in [-0.1, -0.05) is 39.0 Å². The first-order chi connectivity index (χ1) is 14.6. The number of ether oxygens (including phenoxy) is 1. The van der Waals surface area contributed by atoms with Crippen LogP contribution in [0.15, 0.2) is 59.1 Å². The molecule has 0 bridgehead atoms. The van der Waals surface area contributed by atoms with Gasteiger partial charge in [-0.05, 0) is 48.5 Å². The molecule has 0 aromatic heterocycles. The Balaban J connectivity index is 1.67. The Bertz CT molecular complexity index is 1080. The Morgan fingerprint density at radius 1 is 1.03 bits per heavy atom. The summed E-state index contributed by atoms with van der Waals surface area (Å²) in [5.41, 5.74) is 4.43. The summed E-state index contributed by atoms with van der Waals surface area (Å²) in [6.45, 7) is 11.7. The van der Waals surface area contributed by atoms with Crippen molar-refractivity contribution < 1.29 is 14.0 Å². The molecule has 2 aromatic carbocycles. The van der Waals surface area contributed by atoms with E-state index in [1.807, 2.05) is 48.5 Å². The van der Waals surface area contributed by atoms with Crippen molar-refractivity contribution in [1.29, 1.82) is 0 Å². The van der Waals surface area contributed by atoms with Crippen molar-refractivity contribution in [3.05, 3.63) is 59.7 Å². The van der Waals surface area contributed by atoms with Gasteiger partial charge in [-0.2, -0.15) is 0 Å². The van der Waals surface area contributed by atoms with Crippen LogP contribution in [0, 0.1) is 0 Å². The summed E-state index contributed by atoms with van der Waals surface area (Å²) in [4.78, 5) is 20.1. The molecule has 0 atom stereocenters. The average Bonchev–Trinajstić information content (AvgIpc) is 3.21. The molecular formula is C25H30N2O3Si. The van der Waals surface area contributed by atoms with Crippen LogP contribution in [0.1, 0.15) is 32.8 Å². The first-order valence-electron chi connectivity index (χ1n) is 10.7. The highest BCUT2D eigenvalue weighted by molar-refractivity contribution is 6.74. The second kappa shape index (κ2) is 7.77. The van der Waals surface area contributed by atoms with Gasteiger partial charge in [0.25, 0.3) is 5.91 Å². The van der Waals surface area contributed by atoms with Crippen molar-refractivity contribution in [3.63, 3.8) is 0 Å². The Morgan fingerprint density at radius 3 is 2.35 bits per heavy atom. The summed E-state index contributed by atoms with van der Waals surface area (Å²) < 4.78 is 11.7. The number of rotatable bonds is 6.